The lowest BCUT2D eigenvalue weighted by Crippen LogP contribution is -2.49. The maximum Gasteiger partial charge on any atom is 0.308 e. The van der Waals surface area contributed by atoms with E-state index in [0.717, 1.165) is 19.3 Å². The Labute approximate surface area is 102 Å². The highest BCUT2D eigenvalue weighted by molar-refractivity contribution is 5.82. The van der Waals surface area contributed by atoms with E-state index in [4.69, 9.17) is 10.8 Å². The average molecular weight is 242 g/mol. The second kappa shape index (κ2) is 6.59. The van der Waals surface area contributed by atoms with E-state index in [0.29, 0.717) is 25.9 Å². The van der Waals surface area contributed by atoms with Crippen LogP contribution in [0, 0.1) is 5.92 Å². The number of rotatable bonds is 5. The fourth-order valence-corrected chi connectivity index (χ4v) is 2.16. The summed E-state index contributed by atoms with van der Waals surface area (Å²) in [6, 6.07) is -0.470. The van der Waals surface area contributed by atoms with Gasteiger partial charge in [0, 0.05) is 13.1 Å². The van der Waals surface area contributed by atoms with Gasteiger partial charge in [0.25, 0.3) is 0 Å². The van der Waals surface area contributed by atoms with Crippen molar-refractivity contribution in [1.82, 2.24) is 4.90 Å². The number of carbonyl (C=O) groups excluding carboxylic acids is 1. The molecule has 0 spiro atoms. The molecule has 1 saturated heterocycles. The summed E-state index contributed by atoms with van der Waals surface area (Å²) in [7, 11) is 0. The van der Waals surface area contributed by atoms with Crippen molar-refractivity contribution in [3.63, 3.8) is 0 Å². The summed E-state index contributed by atoms with van der Waals surface area (Å²) in [5.74, 6) is -1.33. The second-order valence-corrected chi connectivity index (χ2v) is 4.71. The van der Waals surface area contributed by atoms with E-state index in [2.05, 4.69) is 6.92 Å². The standard InChI is InChI=1S/C12H22N2O3/c1-2-3-6-10(13)11(15)14-7-4-5-9(8-14)12(16)17/h9-10H,2-8,13H2,1H3,(H,16,17)/t9-,10-/m0/s1. The Morgan fingerprint density at radius 2 is 2.24 bits per heavy atom. The Balaban J connectivity index is 2.48. The summed E-state index contributed by atoms with van der Waals surface area (Å²) in [5, 5.41) is 8.95. The molecule has 3 N–H and O–H groups in total. The average Bonchev–Trinajstić information content (AvgIpc) is 2.35. The van der Waals surface area contributed by atoms with Crippen molar-refractivity contribution in [2.75, 3.05) is 13.1 Å². The van der Waals surface area contributed by atoms with Gasteiger partial charge in [-0.15, -0.1) is 0 Å². The molecule has 17 heavy (non-hydrogen) atoms. The van der Waals surface area contributed by atoms with Gasteiger partial charge in [-0.3, -0.25) is 9.59 Å². The van der Waals surface area contributed by atoms with Gasteiger partial charge in [0.2, 0.25) is 5.91 Å². The smallest absolute Gasteiger partial charge is 0.308 e. The van der Waals surface area contributed by atoms with Crippen LogP contribution in [-0.4, -0.2) is 41.0 Å². The normalized spacial score (nSPS) is 22.2. The maximum atomic E-state index is 12.0. The molecule has 2 atom stereocenters. The number of nitrogens with two attached hydrogens (primary N) is 1. The van der Waals surface area contributed by atoms with Crippen molar-refractivity contribution in [3.05, 3.63) is 0 Å². The highest BCUT2D eigenvalue weighted by atomic mass is 16.4. The van der Waals surface area contributed by atoms with Crippen LogP contribution < -0.4 is 5.73 Å². The molecule has 5 heteroatoms. The minimum Gasteiger partial charge on any atom is -0.481 e. The zero-order chi connectivity index (χ0) is 12.8. The molecular formula is C12H22N2O3. The van der Waals surface area contributed by atoms with Crippen LogP contribution >= 0.6 is 0 Å². The zero-order valence-electron chi connectivity index (χ0n) is 10.4. The van der Waals surface area contributed by atoms with Crippen LogP contribution in [0.5, 0.6) is 0 Å². The van der Waals surface area contributed by atoms with Crippen molar-refractivity contribution in [3.8, 4) is 0 Å². The zero-order valence-corrected chi connectivity index (χ0v) is 10.4. The Kier molecular flexibility index (Phi) is 5.41. The number of likely N-dealkylation sites (tertiary alicyclic amines) is 1. The number of carboxylic acid groups (broad SMARTS) is 1. The third-order valence-electron chi connectivity index (χ3n) is 3.27. The first-order valence-electron chi connectivity index (χ1n) is 6.33. The molecule has 1 amide bonds. The fraction of sp³-hybridized carbons (Fsp3) is 0.833. The van der Waals surface area contributed by atoms with Crippen molar-refractivity contribution in [2.24, 2.45) is 11.7 Å². The Bertz CT molecular complexity index is 281. The second-order valence-electron chi connectivity index (χ2n) is 4.71. The van der Waals surface area contributed by atoms with E-state index < -0.39 is 17.9 Å². The molecule has 0 saturated carbocycles. The molecule has 0 bridgehead atoms. The molecule has 1 rings (SSSR count). The highest BCUT2D eigenvalue weighted by Gasteiger charge is 2.30. The molecular weight excluding hydrogens is 220 g/mol. The SMILES string of the molecule is CCCC[C@H](N)C(=O)N1CCC[C@H](C(=O)O)C1. The van der Waals surface area contributed by atoms with E-state index in [9.17, 15) is 9.59 Å². The van der Waals surface area contributed by atoms with Crippen LogP contribution in [0.3, 0.4) is 0 Å². The van der Waals surface area contributed by atoms with Crippen molar-refractivity contribution in [2.45, 2.75) is 45.1 Å². The molecule has 0 aromatic heterocycles. The van der Waals surface area contributed by atoms with E-state index in [1.807, 2.05) is 0 Å². The highest BCUT2D eigenvalue weighted by Crippen LogP contribution is 2.17. The largest absolute Gasteiger partial charge is 0.481 e. The lowest BCUT2D eigenvalue weighted by Gasteiger charge is -2.32. The lowest BCUT2D eigenvalue weighted by atomic mass is 9.97. The van der Waals surface area contributed by atoms with E-state index in [1.54, 1.807) is 4.90 Å². The summed E-state index contributed by atoms with van der Waals surface area (Å²) < 4.78 is 0. The van der Waals surface area contributed by atoms with Gasteiger partial charge in [0.05, 0.1) is 12.0 Å². The summed E-state index contributed by atoms with van der Waals surface area (Å²) in [5.41, 5.74) is 5.82. The van der Waals surface area contributed by atoms with Crippen molar-refractivity contribution < 1.29 is 14.7 Å². The molecule has 0 unspecified atom stereocenters. The molecule has 1 fully saturated rings. The summed E-state index contributed by atoms with van der Waals surface area (Å²) in [6.07, 6.45) is 4.04. The number of carboxylic acids is 1. The molecule has 0 aromatic carbocycles. The van der Waals surface area contributed by atoms with E-state index >= 15 is 0 Å². The predicted octanol–water partition coefficient (Wildman–Crippen LogP) is 0.827. The van der Waals surface area contributed by atoms with Crippen LogP contribution in [0.15, 0.2) is 0 Å². The number of carbonyl (C=O) groups is 2. The molecule has 0 radical (unpaired) electrons. The van der Waals surface area contributed by atoms with Crippen LogP contribution in [0.2, 0.25) is 0 Å². The summed E-state index contributed by atoms with van der Waals surface area (Å²) in [6.45, 7) is 3.01. The molecule has 98 valence electrons. The Morgan fingerprint density at radius 3 is 2.82 bits per heavy atom. The van der Waals surface area contributed by atoms with Crippen LogP contribution in [0.25, 0.3) is 0 Å². The van der Waals surface area contributed by atoms with Gasteiger partial charge in [0.1, 0.15) is 0 Å². The number of hydrogen-bond donors (Lipinski definition) is 2. The first-order chi connectivity index (χ1) is 8.06. The first-order valence-corrected chi connectivity index (χ1v) is 6.33. The van der Waals surface area contributed by atoms with Gasteiger partial charge in [-0.05, 0) is 19.3 Å². The third-order valence-corrected chi connectivity index (χ3v) is 3.27. The van der Waals surface area contributed by atoms with Crippen LogP contribution in [0.1, 0.15) is 39.0 Å². The van der Waals surface area contributed by atoms with Crippen LogP contribution in [0.4, 0.5) is 0 Å². The number of aliphatic carboxylic acids is 1. The number of amides is 1. The van der Waals surface area contributed by atoms with Crippen LogP contribution in [-0.2, 0) is 9.59 Å². The summed E-state index contributed by atoms with van der Waals surface area (Å²) in [4.78, 5) is 24.5. The molecule has 1 heterocycles. The van der Waals surface area contributed by atoms with Crippen molar-refractivity contribution >= 4 is 11.9 Å². The minimum atomic E-state index is -0.815. The van der Waals surface area contributed by atoms with E-state index in [-0.39, 0.29) is 5.91 Å². The monoisotopic (exact) mass is 242 g/mol. The van der Waals surface area contributed by atoms with Gasteiger partial charge in [-0.1, -0.05) is 19.8 Å². The molecule has 0 aliphatic carbocycles. The molecule has 1 aliphatic heterocycles. The van der Waals surface area contributed by atoms with Crippen molar-refractivity contribution in [1.29, 1.82) is 0 Å². The third kappa shape index (κ3) is 4.00. The number of unbranched alkanes of at least 4 members (excludes halogenated alkanes) is 1. The Hall–Kier alpha value is -1.10. The molecule has 5 nitrogen and oxygen atoms in total. The van der Waals surface area contributed by atoms with E-state index in [1.165, 1.54) is 0 Å². The molecule has 1 aliphatic rings. The maximum absolute atomic E-state index is 12.0. The number of hydrogen-bond acceptors (Lipinski definition) is 3. The van der Waals surface area contributed by atoms with Gasteiger partial charge in [-0.25, -0.2) is 0 Å². The molecule has 0 aromatic rings. The van der Waals surface area contributed by atoms with Gasteiger partial charge >= 0.3 is 5.97 Å². The Morgan fingerprint density at radius 1 is 1.53 bits per heavy atom. The van der Waals surface area contributed by atoms with Gasteiger partial charge < -0.3 is 15.7 Å². The minimum absolute atomic E-state index is 0.0931. The predicted molar refractivity (Wildman–Crippen MR) is 64.4 cm³/mol. The van der Waals surface area contributed by atoms with Gasteiger partial charge in [0.15, 0.2) is 0 Å². The first kappa shape index (κ1) is 14.0. The number of nitrogens with zero attached hydrogens (tertiary/aromatic N) is 1. The van der Waals surface area contributed by atoms with Gasteiger partial charge in [-0.2, -0.15) is 0 Å². The lowest BCUT2D eigenvalue weighted by molar-refractivity contribution is -0.146. The quantitative estimate of drug-likeness (QED) is 0.748. The fourth-order valence-electron chi connectivity index (χ4n) is 2.16. The summed E-state index contributed by atoms with van der Waals surface area (Å²) >= 11 is 0. The number of piperidine rings is 1. The topological polar surface area (TPSA) is 83.6 Å².